The minimum Gasteiger partial charge on any atom is -0.301 e. The van der Waals surface area contributed by atoms with Crippen LogP contribution in [0.2, 0.25) is 0 Å². The fourth-order valence-electron chi connectivity index (χ4n) is 1.73. The van der Waals surface area contributed by atoms with Crippen LogP contribution < -0.4 is 5.32 Å². The van der Waals surface area contributed by atoms with Gasteiger partial charge in [0.25, 0.3) is 0 Å². The van der Waals surface area contributed by atoms with Crippen LogP contribution in [0.3, 0.4) is 0 Å². The molecule has 1 N–H and O–H groups in total. The molecule has 1 unspecified atom stereocenters. The Kier molecular flexibility index (Phi) is 3.14. The molecule has 0 aromatic heterocycles. The maximum atomic E-state index is 12.6. The quantitative estimate of drug-likeness (QED) is 0.750. The zero-order valence-electron chi connectivity index (χ0n) is 8.91. The summed E-state index contributed by atoms with van der Waals surface area (Å²) in [5.41, 5.74) is -1.56. The lowest BCUT2D eigenvalue weighted by Gasteiger charge is -2.29. The van der Waals surface area contributed by atoms with Crippen molar-refractivity contribution < 1.29 is 13.2 Å². The van der Waals surface area contributed by atoms with Gasteiger partial charge in [0.1, 0.15) is 5.54 Å². The second-order valence-corrected chi connectivity index (χ2v) is 4.48. The summed E-state index contributed by atoms with van der Waals surface area (Å²) in [5, 5.41) is 2.77. The Bertz CT molecular complexity index is 194. The van der Waals surface area contributed by atoms with Gasteiger partial charge in [0.2, 0.25) is 0 Å². The van der Waals surface area contributed by atoms with Crippen LogP contribution in [0.25, 0.3) is 0 Å². The molecule has 0 aliphatic heterocycles. The molecule has 0 aromatic carbocycles. The van der Waals surface area contributed by atoms with E-state index in [0.717, 1.165) is 6.42 Å². The van der Waals surface area contributed by atoms with Crippen molar-refractivity contribution in [2.75, 3.05) is 0 Å². The van der Waals surface area contributed by atoms with E-state index in [1.54, 1.807) is 0 Å². The van der Waals surface area contributed by atoms with Gasteiger partial charge in [-0.2, -0.15) is 13.2 Å². The van der Waals surface area contributed by atoms with E-state index in [4.69, 9.17) is 0 Å². The van der Waals surface area contributed by atoms with Gasteiger partial charge in [-0.25, -0.2) is 0 Å². The van der Waals surface area contributed by atoms with Gasteiger partial charge in [0.15, 0.2) is 0 Å². The summed E-state index contributed by atoms with van der Waals surface area (Å²) in [6.07, 6.45) is -2.87. The molecule has 84 valence electrons. The molecule has 1 atom stereocenters. The number of hydrogen-bond acceptors (Lipinski definition) is 1. The van der Waals surface area contributed by atoms with Crippen LogP contribution in [-0.4, -0.2) is 17.8 Å². The van der Waals surface area contributed by atoms with Crippen LogP contribution >= 0.6 is 0 Å². The number of nitrogens with one attached hydrogen (secondary N) is 1. The molecule has 1 rings (SSSR count). The summed E-state index contributed by atoms with van der Waals surface area (Å²) < 4.78 is 37.8. The Morgan fingerprint density at radius 3 is 2.00 bits per heavy atom. The van der Waals surface area contributed by atoms with E-state index < -0.39 is 11.7 Å². The first-order valence-corrected chi connectivity index (χ1v) is 5.17. The Hall–Kier alpha value is -0.250. The predicted octanol–water partition coefficient (Wildman–Crippen LogP) is 3.11. The van der Waals surface area contributed by atoms with Crippen LogP contribution in [0.1, 0.15) is 40.0 Å². The molecule has 0 bridgehead atoms. The lowest BCUT2D eigenvalue weighted by Crippen LogP contribution is -2.51. The summed E-state index contributed by atoms with van der Waals surface area (Å²) in [5.74, 6) is 0.250. The predicted molar refractivity (Wildman–Crippen MR) is 50.1 cm³/mol. The van der Waals surface area contributed by atoms with E-state index >= 15 is 0 Å². The van der Waals surface area contributed by atoms with E-state index in [2.05, 4.69) is 5.32 Å². The van der Waals surface area contributed by atoms with E-state index in [-0.39, 0.29) is 24.8 Å². The van der Waals surface area contributed by atoms with E-state index in [1.165, 1.54) is 0 Å². The lowest BCUT2D eigenvalue weighted by atomic mass is 10.00. The normalized spacial score (nSPS) is 22.5. The molecule has 0 saturated heterocycles. The van der Waals surface area contributed by atoms with Gasteiger partial charge in [0.05, 0.1) is 0 Å². The number of hydrogen-bond donors (Lipinski definition) is 1. The molecular formula is C10H18F3N. The van der Waals surface area contributed by atoms with Crippen LogP contribution in [0.4, 0.5) is 13.2 Å². The maximum Gasteiger partial charge on any atom is 0.406 e. The molecule has 1 aliphatic carbocycles. The Morgan fingerprint density at radius 2 is 1.79 bits per heavy atom. The standard InChI is InChI=1S/C10H18F3N/c1-4-8(7(2)3)14-9(5-6-9)10(11,12)13/h7-8,14H,4-6H2,1-3H3. The van der Waals surface area contributed by atoms with Crippen molar-refractivity contribution in [2.45, 2.75) is 57.8 Å². The smallest absolute Gasteiger partial charge is 0.301 e. The van der Waals surface area contributed by atoms with E-state index in [9.17, 15) is 13.2 Å². The molecule has 1 aliphatic rings. The molecular weight excluding hydrogens is 191 g/mol. The van der Waals surface area contributed by atoms with Gasteiger partial charge in [-0.05, 0) is 25.2 Å². The number of alkyl halides is 3. The molecule has 14 heavy (non-hydrogen) atoms. The van der Waals surface area contributed by atoms with Gasteiger partial charge in [0, 0.05) is 6.04 Å². The Morgan fingerprint density at radius 1 is 1.29 bits per heavy atom. The first-order chi connectivity index (χ1) is 6.32. The summed E-state index contributed by atoms with van der Waals surface area (Å²) >= 11 is 0. The van der Waals surface area contributed by atoms with Crippen molar-refractivity contribution in [3.05, 3.63) is 0 Å². The highest BCUT2D eigenvalue weighted by molar-refractivity contribution is 5.09. The van der Waals surface area contributed by atoms with Crippen LogP contribution in [-0.2, 0) is 0 Å². The highest BCUT2D eigenvalue weighted by Gasteiger charge is 2.63. The van der Waals surface area contributed by atoms with Crippen molar-refractivity contribution >= 4 is 0 Å². The van der Waals surface area contributed by atoms with Crippen molar-refractivity contribution in [1.82, 2.24) is 5.32 Å². The lowest BCUT2D eigenvalue weighted by molar-refractivity contribution is -0.168. The topological polar surface area (TPSA) is 12.0 Å². The second kappa shape index (κ2) is 3.72. The van der Waals surface area contributed by atoms with Crippen molar-refractivity contribution in [2.24, 2.45) is 5.92 Å². The average molecular weight is 209 g/mol. The molecule has 4 heteroatoms. The van der Waals surface area contributed by atoms with E-state index in [1.807, 2.05) is 20.8 Å². The van der Waals surface area contributed by atoms with Crippen LogP contribution in [0, 0.1) is 5.92 Å². The molecule has 0 heterocycles. The highest BCUT2D eigenvalue weighted by Crippen LogP contribution is 2.49. The Balaban J connectivity index is 2.59. The third kappa shape index (κ3) is 2.22. The first kappa shape index (κ1) is 11.8. The average Bonchev–Trinajstić information content (AvgIpc) is 2.78. The van der Waals surface area contributed by atoms with Gasteiger partial charge < -0.3 is 5.32 Å². The largest absolute Gasteiger partial charge is 0.406 e. The molecule has 0 spiro atoms. The van der Waals surface area contributed by atoms with Crippen LogP contribution in [0.5, 0.6) is 0 Å². The molecule has 0 radical (unpaired) electrons. The maximum absolute atomic E-state index is 12.6. The van der Waals surface area contributed by atoms with Crippen molar-refractivity contribution in [3.8, 4) is 0 Å². The van der Waals surface area contributed by atoms with Crippen molar-refractivity contribution in [1.29, 1.82) is 0 Å². The van der Waals surface area contributed by atoms with Crippen molar-refractivity contribution in [3.63, 3.8) is 0 Å². The van der Waals surface area contributed by atoms with Crippen LogP contribution in [0.15, 0.2) is 0 Å². The number of rotatable bonds is 4. The van der Waals surface area contributed by atoms with Gasteiger partial charge in [-0.1, -0.05) is 20.8 Å². The first-order valence-electron chi connectivity index (χ1n) is 5.17. The minimum atomic E-state index is -4.09. The molecule has 1 nitrogen and oxygen atoms in total. The Labute approximate surface area is 83.1 Å². The minimum absolute atomic E-state index is 0.0286. The summed E-state index contributed by atoms with van der Waals surface area (Å²) in [7, 11) is 0. The zero-order valence-corrected chi connectivity index (χ0v) is 8.91. The van der Waals surface area contributed by atoms with Gasteiger partial charge in [-0.15, -0.1) is 0 Å². The third-order valence-electron chi connectivity index (χ3n) is 3.00. The fourth-order valence-corrected chi connectivity index (χ4v) is 1.73. The zero-order chi connectivity index (χ0) is 11.0. The van der Waals surface area contributed by atoms with Gasteiger partial charge in [-0.3, -0.25) is 0 Å². The summed E-state index contributed by atoms with van der Waals surface area (Å²) in [6, 6.07) is -0.0286. The summed E-state index contributed by atoms with van der Waals surface area (Å²) in [6.45, 7) is 5.82. The van der Waals surface area contributed by atoms with E-state index in [0.29, 0.717) is 0 Å². The third-order valence-corrected chi connectivity index (χ3v) is 3.00. The second-order valence-electron chi connectivity index (χ2n) is 4.48. The SMILES string of the molecule is CCC(NC1(C(F)(F)F)CC1)C(C)C. The monoisotopic (exact) mass is 209 g/mol. The fraction of sp³-hybridized carbons (Fsp3) is 1.00. The molecule has 0 aromatic rings. The molecule has 1 fully saturated rings. The highest BCUT2D eigenvalue weighted by atomic mass is 19.4. The summed E-state index contributed by atoms with van der Waals surface area (Å²) in [4.78, 5) is 0. The number of halogens is 3. The molecule has 0 amide bonds. The molecule has 1 saturated carbocycles. The van der Waals surface area contributed by atoms with Gasteiger partial charge >= 0.3 is 6.18 Å².